The van der Waals surface area contributed by atoms with Crippen LogP contribution in [-0.2, 0) is 6.42 Å². The van der Waals surface area contributed by atoms with Gasteiger partial charge >= 0.3 is 0 Å². The van der Waals surface area contributed by atoms with Crippen molar-refractivity contribution >= 4 is 0 Å². The molecular weight excluding hydrogens is 333 g/mol. The second-order valence-corrected chi connectivity index (χ2v) is 8.39. The van der Waals surface area contributed by atoms with Gasteiger partial charge in [0.25, 0.3) is 0 Å². The van der Waals surface area contributed by atoms with Gasteiger partial charge in [-0.3, -0.25) is 0 Å². The molecule has 0 heterocycles. The van der Waals surface area contributed by atoms with Crippen LogP contribution in [0, 0.1) is 29.1 Å². The van der Waals surface area contributed by atoms with Gasteiger partial charge in [-0.1, -0.05) is 43.3 Å². The molecule has 2 aliphatic carbocycles. The first-order valence-corrected chi connectivity index (χ1v) is 10.7. The highest BCUT2D eigenvalue weighted by Crippen LogP contribution is 2.37. The number of nitrogens with zero attached hydrogens (tertiary/aromatic N) is 1. The van der Waals surface area contributed by atoms with Crippen LogP contribution in [-0.4, -0.2) is 0 Å². The normalized spacial score (nSPS) is 29.6. The van der Waals surface area contributed by atoms with Gasteiger partial charge in [-0.15, -0.1) is 0 Å². The number of nitriles is 1. The second-order valence-electron chi connectivity index (χ2n) is 8.39. The summed E-state index contributed by atoms with van der Waals surface area (Å²) in [5.41, 5.74) is 2.95. The Balaban J connectivity index is 1.42. The largest absolute Gasteiger partial charge is 0.196 e. The molecule has 2 aliphatic rings. The Kier molecular flexibility index (Phi) is 7.27. The topological polar surface area (TPSA) is 23.8 Å². The van der Waals surface area contributed by atoms with E-state index in [1.165, 1.54) is 42.9 Å². The van der Waals surface area contributed by atoms with E-state index in [1.54, 1.807) is 6.07 Å². The molecule has 3 rings (SSSR count). The maximum absolute atomic E-state index is 13.1. The quantitative estimate of drug-likeness (QED) is 0.398. The Bertz CT molecular complexity index is 678. The summed E-state index contributed by atoms with van der Waals surface area (Å²) in [6.07, 6.45) is 17.0. The fourth-order valence-electron chi connectivity index (χ4n) is 4.73. The number of hydrogen-bond donors (Lipinski definition) is 0. The SMILES string of the molecule is CCc1ccc(C2CCC(/C=C/C3CCC(C=C(F)C#N)CC3)CC2)cc1. The Hall–Kier alpha value is -1.88. The minimum atomic E-state index is -0.616. The van der Waals surface area contributed by atoms with Gasteiger partial charge in [0.15, 0.2) is 5.83 Å². The van der Waals surface area contributed by atoms with Crippen LogP contribution in [0.5, 0.6) is 0 Å². The van der Waals surface area contributed by atoms with Gasteiger partial charge in [-0.05, 0) is 98.7 Å². The lowest BCUT2D eigenvalue weighted by atomic mass is 9.77. The molecule has 0 aromatic heterocycles. The molecule has 0 aliphatic heterocycles. The number of hydrogen-bond acceptors (Lipinski definition) is 1. The molecule has 0 bridgehead atoms. The molecule has 2 fully saturated rings. The van der Waals surface area contributed by atoms with E-state index in [2.05, 4.69) is 43.3 Å². The number of rotatable bonds is 5. The van der Waals surface area contributed by atoms with Crippen LogP contribution in [0.15, 0.2) is 48.3 Å². The number of halogens is 1. The highest BCUT2D eigenvalue weighted by Gasteiger charge is 2.22. The van der Waals surface area contributed by atoms with E-state index >= 15 is 0 Å². The summed E-state index contributed by atoms with van der Waals surface area (Å²) in [4.78, 5) is 0. The number of aryl methyl sites for hydroxylation is 1. The van der Waals surface area contributed by atoms with Gasteiger partial charge < -0.3 is 0 Å². The third-order valence-corrected chi connectivity index (χ3v) is 6.59. The van der Waals surface area contributed by atoms with Crippen LogP contribution in [0.2, 0.25) is 0 Å². The molecule has 0 N–H and O–H groups in total. The maximum Gasteiger partial charge on any atom is 0.196 e. The van der Waals surface area contributed by atoms with E-state index < -0.39 is 5.83 Å². The molecule has 0 unspecified atom stereocenters. The minimum absolute atomic E-state index is 0.254. The van der Waals surface area contributed by atoms with E-state index in [1.807, 2.05) is 0 Å². The van der Waals surface area contributed by atoms with Crippen molar-refractivity contribution in [3.05, 3.63) is 59.4 Å². The number of benzene rings is 1. The number of allylic oxidation sites excluding steroid dienone is 4. The summed E-state index contributed by atoms with van der Waals surface area (Å²) in [5.74, 6) is 1.74. The molecule has 2 heteroatoms. The first-order chi connectivity index (χ1) is 13.2. The van der Waals surface area contributed by atoms with E-state index in [9.17, 15) is 4.39 Å². The molecule has 1 aromatic carbocycles. The average molecular weight is 366 g/mol. The van der Waals surface area contributed by atoms with Crippen molar-refractivity contribution in [2.75, 3.05) is 0 Å². The van der Waals surface area contributed by atoms with Gasteiger partial charge in [-0.25, -0.2) is 0 Å². The zero-order valence-corrected chi connectivity index (χ0v) is 16.5. The molecule has 144 valence electrons. The Morgan fingerprint density at radius 3 is 1.96 bits per heavy atom. The summed E-state index contributed by atoms with van der Waals surface area (Å²) in [6.45, 7) is 2.21. The van der Waals surface area contributed by atoms with Crippen molar-refractivity contribution in [1.29, 1.82) is 5.26 Å². The molecule has 0 spiro atoms. The minimum Gasteiger partial charge on any atom is -0.195 e. The summed E-state index contributed by atoms with van der Waals surface area (Å²) in [5, 5.41) is 8.56. The van der Waals surface area contributed by atoms with Gasteiger partial charge in [-0.2, -0.15) is 9.65 Å². The van der Waals surface area contributed by atoms with Gasteiger partial charge in [0.2, 0.25) is 0 Å². The first kappa shape index (κ1) is 19.9. The van der Waals surface area contributed by atoms with E-state index in [0.29, 0.717) is 5.92 Å². The highest BCUT2D eigenvalue weighted by atomic mass is 19.1. The Labute approximate surface area is 164 Å². The molecule has 27 heavy (non-hydrogen) atoms. The standard InChI is InChI=1S/C25H32FN/c1-2-19-9-13-23(14-10-19)24-15-11-21(12-16-24)4-3-20-5-7-22(8-6-20)17-25(26)18-27/h3-4,9-10,13-14,17,20-22,24H,2,5-8,11-12,15-16H2,1H3/b4-3+,25-17?. The van der Waals surface area contributed by atoms with Crippen LogP contribution < -0.4 is 0 Å². The lowest BCUT2D eigenvalue weighted by Gasteiger charge is -2.28. The van der Waals surface area contributed by atoms with Crippen molar-refractivity contribution in [2.24, 2.45) is 17.8 Å². The van der Waals surface area contributed by atoms with Gasteiger partial charge in [0.05, 0.1) is 0 Å². The van der Waals surface area contributed by atoms with Crippen LogP contribution in [0.3, 0.4) is 0 Å². The molecule has 0 saturated heterocycles. The summed E-state index contributed by atoms with van der Waals surface area (Å²) < 4.78 is 13.1. The van der Waals surface area contributed by atoms with Crippen molar-refractivity contribution in [1.82, 2.24) is 0 Å². The zero-order valence-electron chi connectivity index (χ0n) is 16.5. The second kappa shape index (κ2) is 9.88. The molecule has 1 aromatic rings. The Morgan fingerprint density at radius 1 is 0.926 bits per heavy atom. The summed E-state index contributed by atoms with van der Waals surface area (Å²) in [7, 11) is 0. The maximum atomic E-state index is 13.1. The third-order valence-electron chi connectivity index (χ3n) is 6.59. The van der Waals surface area contributed by atoms with Crippen LogP contribution in [0.1, 0.15) is 75.3 Å². The fourth-order valence-corrected chi connectivity index (χ4v) is 4.73. The van der Waals surface area contributed by atoms with E-state index in [-0.39, 0.29) is 5.92 Å². The first-order valence-electron chi connectivity index (χ1n) is 10.7. The fraction of sp³-hybridized carbons (Fsp3) is 0.560. The van der Waals surface area contributed by atoms with Gasteiger partial charge in [0, 0.05) is 0 Å². The molecule has 0 atom stereocenters. The molecular formula is C25H32FN. The summed E-state index contributed by atoms with van der Waals surface area (Å²) in [6, 6.07) is 10.8. The zero-order chi connectivity index (χ0) is 19.1. The molecule has 2 saturated carbocycles. The monoisotopic (exact) mass is 365 g/mol. The molecule has 0 amide bonds. The molecule has 0 radical (unpaired) electrons. The lowest BCUT2D eigenvalue weighted by molar-refractivity contribution is 0.346. The predicted octanol–water partition coefficient (Wildman–Crippen LogP) is 7.26. The van der Waals surface area contributed by atoms with Gasteiger partial charge in [0.1, 0.15) is 6.07 Å². The van der Waals surface area contributed by atoms with Crippen molar-refractivity contribution in [2.45, 2.75) is 70.6 Å². The smallest absolute Gasteiger partial charge is 0.195 e. The van der Waals surface area contributed by atoms with E-state index in [4.69, 9.17) is 5.26 Å². The third kappa shape index (κ3) is 5.80. The van der Waals surface area contributed by atoms with E-state index in [0.717, 1.165) is 43.9 Å². The Morgan fingerprint density at radius 2 is 1.44 bits per heavy atom. The lowest BCUT2D eigenvalue weighted by Crippen LogP contribution is -2.14. The average Bonchev–Trinajstić information content (AvgIpc) is 2.73. The van der Waals surface area contributed by atoms with Crippen molar-refractivity contribution in [3.63, 3.8) is 0 Å². The van der Waals surface area contributed by atoms with Crippen molar-refractivity contribution < 1.29 is 4.39 Å². The van der Waals surface area contributed by atoms with Crippen LogP contribution >= 0.6 is 0 Å². The summed E-state index contributed by atoms with van der Waals surface area (Å²) >= 11 is 0. The molecule has 1 nitrogen and oxygen atoms in total. The predicted molar refractivity (Wildman–Crippen MR) is 110 cm³/mol. The van der Waals surface area contributed by atoms with Crippen molar-refractivity contribution in [3.8, 4) is 6.07 Å². The highest BCUT2D eigenvalue weighted by molar-refractivity contribution is 5.26. The van der Waals surface area contributed by atoms with Crippen LogP contribution in [0.4, 0.5) is 4.39 Å². The van der Waals surface area contributed by atoms with Crippen LogP contribution in [0.25, 0.3) is 0 Å².